The van der Waals surface area contributed by atoms with Gasteiger partial charge in [0.2, 0.25) is 5.91 Å². The minimum atomic E-state index is -0.391. The lowest BCUT2D eigenvalue weighted by molar-refractivity contribution is -0.122. The molecule has 2 fully saturated rings. The summed E-state index contributed by atoms with van der Waals surface area (Å²) < 4.78 is 18.7. The van der Waals surface area contributed by atoms with E-state index in [1.165, 1.54) is 31.7 Å². The second-order valence-corrected chi connectivity index (χ2v) is 6.72. The maximum Gasteiger partial charge on any atom is 0.223 e. The van der Waals surface area contributed by atoms with E-state index in [0.29, 0.717) is 5.92 Å². The summed E-state index contributed by atoms with van der Waals surface area (Å²) in [6, 6.07) is 6.50. The van der Waals surface area contributed by atoms with Crippen molar-refractivity contribution in [2.75, 3.05) is 6.61 Å². The number of ether oxygens (including phenoxy) is 1. The van der Waals surface area contributed by atoms with E-state index in [1.54, 1.807) is 18.2 Å². The molecule has 2 aliphatic carbocycles. The first-order chi connectivity index (χ1) is 10.6. The molecule has 0 spiro atoms. The van der Waals surface area contributed by atoms with Crippen LogP contribution in [0, 0.1) is 23.6 Å². The Morgan fingerprint density at radius 2 is 2.18 bits per heavy atom. The van der Waals surface area contributed by atoms with Gasteiger partial charge in [0.05, 0.1) is 13.0 Å². The van der Waals surface area contributed by atoms with E-state index in [1.807, 2.05) is 0 Å². The highest BCUT2D eigenvalue weighted by Crippen LogP contribution is 2.49. The number of benzene rings is 1. The van der Waals surface area contributed by atoms with Crippen LogP contribution in [0.2, 0.25) is 0 Å². The fourth-order valence-corrected chi connectivity index (χ4v) is 4.15. The summed E-state index contributed by atoms with van der Waals surface area (Å²) in [5.74, 6) is 2.13. The summed E-state index contributed by atoms with van der Waals surface area (Å²) in [6.07, 6.45) is 5.57. The Hall–Kier alpha value is -1.58. The number of nitrogens with one attached hydrogen (secondary N) is 1. The summed E-state index contributed by atoms with van der Waals surface area (Å²) in [5.41, 5.74) is 0. The Bertz CT molecular complexity index is 534. The molecule has 2 bridgehead atoms. The van der Waals surface area contributed by atoms with Gasteiger partial charge in [0.1, 0.15) is 0 Å². The molecule has 120 valence electrons. The van der Waals surface area contributed by atoms with Crippen LogP contribution in [0.4, 0.5) is 4.39 Å². The van der Waals surface area contributed by atoms with Crippen molar-refractivity contribution < 1.29 is 13.9 Å². The minimum Gasteiger partial charge on any atom is -0.490 e. The number of amides is 1. The Kier molecular flexibility index (Phi) is 4.65. The third kappa shape index (κ3) is 3.42. The van der Waals surface area contributed by atoms with Crippen LogP contribution in [-0.4, -0.2) is 18.6 Å². The van der Waals surface area contributed by atoms with Gasteiger partial charge in [-0.3, -0.25) is 4.79 Å². The third-order valence-electron chi connectivity index (χ3n) is 5.25. The largest absolute Gasteiger partial charge is 0.490 e. The molecule has 4 unspecified atom stereocenters. The van der Waals surface area contributed by atoms with Crippen molar-refractivity contribution in [2.45, 2.75) is 45.1 Å². The highest BCUT2D eigenvalue weighted by Gasteiger charge is 2.42. The van der Waals surface area contributed by atoms with Gasteiger partial charge in [-0.2, -0.15) is 0 Å². The normalized spacial score (nSPS) is 27.6. The topological polar surface area (TPSA) is 38.3 Å². The molecule has 3 nitrogen and oxygen atoms in total. The molecule has 1 amide bonds. The van der Waals surface area contributed by atoms with Crippen molar-refractivity contribution in [3.63, 3.8) is 0 Å². The Morgan fingerprint density at radius 1 is 1.36 bits per heavy atom. The van der Waals surface area contributed by atoms with Crippen LogP contribution < -0.4 is 10.1 Å². The Morgan fingerprint density at radius 3 is 2.86 bits per heavy atom. The predicted molar refractivity (Wildman–Crippen MR) is 83.1 cm³/mol. The number of carbonyl (C=O) groups excluding carboxylic acids is 1. The van der Waals surface area contributed by atoms with Gasteiger partial charge in [-0.05, 0) is 56.1 Å². The molecule has 2 saturated carbocycles. The molecule has 1 aromatic rings. The van der Waals surface area contributed by atoms with Crippen LogP contribution >= 0.6 is 0 Å². The molecule has 0 saturated heterocycles. The van der Waals surface area contributed by atoms with Crippen molar-refractivity contribution >= 4 is 5.91 Å². The zero-order valence-electron chi connectivity index (χ0n) is 13.1. The molecule has 0 aromatic heterocycles. The number of hydrogen-bond donors (Lipinski definition) is 1. The number of para-hydroxylation sites is 1. The fraction of sp³-hybridized carbons (Fsp3) is 0.611. The minimum absolute atomic E-state index is 0.00777. The molecule has 22 heavy (non-hydrogen) atoms. The number of halogens is 1. The maximum atomic E-state index is 13.4. The van der Waals surface area contributed by atoms with E-state index in [2.05, 4.69) is 12.2 Å². The standard InChI is InChI=1S/C18H24FNO2/c1-12(15-11-13-6-7-14(15)10-13)20-18(21)8-9-22-17-5-3-2-4-16(17)19/h2-5,12-15H,6-11H2,1H3,(H,20,21). The monoisotopic (exact) mass is 305 g/mol. The molecule has 0 aliphatic heterocycles. The molecule has 0 radical (unpaired) electrons. The van der Waals surface area contributed by atoms with Gasteiger partial charge in [-0.15, -0.1) is 0 Å². The van der Waals surface area contributed by atoms with E-state index in [-0.39, 0.29) is 30.7 Å². The average molecular weight is 305 g/mol. The quantitative estimate of drug-likeness (QED) is 0.873. The van der Waals surface area contributed by atoms with Crippen LogP contribution in [0.3, 0.4) is 0 Å². The van der Waals surface area contributed by atoms with Crippen molar-refractivity contribution in [1.82, 2.24) is 5.32 Å². The van der Waals surface area contributed by atoms with Gasteiger partial charge >= 0.3 is 0 Å². The lowest BCUT2D eigenvalue weighted by Crippen LogP contribution is -2.40. The van der Waals surface area contributed by atoms with Crippen LogP contribution in [0.25, 0.3) is 0 Å². The maximum absolute atomic E-state index is 13.4. The van der Waals surface area contributed by atoms with Gasteiger partial charge in [-0.25, -0.2) is 4.39 Å². The van der Waals surface area contributed by atoms with E-state index in [0.717, 1.165) is 11.8 Å². The Balaban J connectivity index is 1.40. The first kappa shape index (κ1) is 15.3. The highest BCUT2D eigenvalue weighted by molar-refractivity contribution is 5.76. The predicted octanol–water partition coefficient (Wildman–Crippen LogP) is 3.54. The van der Waals surface area contributed by atoms with E-state index in [9.17, 15) is 9.18 Å². The molecular formula is C18H24FNO2. The van der Waals surface area contributed by atoms with Crippen LogP contribution in [0.5, 0.6) is 5.75 Å². The van der Waals surface area contributed by atoms with Crippen molar-refractivity contribution in [3.05, 3.63) is 30.1 Å². The number of fused-ring (bicyclic) bond motifs is 2. The lowest BCUT2D eigenvalue weighted by atomic mass is 9.84. The zero-order valence-corrected chi connectivity index (χ0v) is 13.1. The Labute approximate surface area is 131 Å². The first-order valence-electron chi connectivity index (χ1n) is 8.30. The zero-order chi connectivity index (χ0) is 15.5. The van der Waals surface area contributed by atoms with Gasteiger partial charge in [0.25, 0.3) is 0 Å². The molecule has 2 aliphatic rings. The van der Waals surface area contributed by atoms with Gasteiger partial charge in [-0.1, -0.05) is 18.6 Å². The summed E-state index contributed by atoms with van der Waals surface area (Å²) in [5, 5.41) is 3.09. The fourth-order valence-electron chi connectivity index (χ4n) is 4.15. The lowest BCUT2D eigenvalue weighted by Gasteiger charge is -2.28. The third-order valence-corrected chi connectivity index (χ3v) is 5.25. The summed E-state index contributed by atoms with van der Waals surface area (Å²) >= 11 is 0. The number of rotatable bonds is 6. The number of carbonyl (C=O) groups is 1. The summed E-state index contributed by atoms with van der Waals surface area (Å²) in [6.45, 7) is 2.32. The number of hydrogen-bond acceptors (Lipinski definition) is 2. The highest BCUT2D eigenvalue weighted by atomic mass is 19.1. The average Bonchev–Trinajstić information content (AvgIpc) is 3.12. The van der Waals surface area contributed by atoms with Crippen molar-refractivity contribution in [1.29, 1.82) is 0 Å². The van der Waals surface area contributed by atoms with Gasteiger partial charge in [0.15, 0.2) is 11.6 Å². The first-order valence-corrected chi connectivity index (χ1v) is 8.30. The molecule has 4 atom stereocenters. The van der Waals surface area contributed by atoms with Crippen LogP contribution in [-0.2, 0) is 4.79 Å². The summed E-state index contributed by atoms with van der Waals surface area (Å²) in [7, 11) is 0. The van der Waals surface area contributed by atoms with E-state index in [4.69, 9.17) is 4.74 Å². The van der Waals surface area contributed by atoms with Crippen molar-refractivity contribution in [2.24, 2.45) is 17.8 Å². The molecule has 1 N–H and O–H groups in total. The second-order valence-electron chi connectivity index (χ2n) is 6.72. The second kappa shape index (κ2) is 6.67. The summed E-state index contributed by atoms with van der Waals surface area (Å²) in [4.78, 5) is 12.0. The SMILES string of the molecule is CC(NC(=O)CCOc1ccccc1F)C1CC2CCC1C2. The smallest absolute Gasteiger partial charge is 0.223 e. The molecule has 4 heteroatoms. The molecular weight excluding hydrogens is 281 g/mol. The van der Waals surface area contributed by atoms with Gasteiger partial charge < -0.3 is 10.1 Å². The van der Waals surface area contributed by atoms with Crippen molar-refractivity contribution in [3.8, 4) is 5.75 Å². The van der Waals surface area contributed by atoms with Crippen LogP contribution in [0.1, 0.15) is 39.0 Å². The molecule has 0 heterocycles. The van der Waals surface area contributed by atoms with E-state index < -0.39 is 5.82 Å². The molecule has 3 rings (SSSR count). The van der Waals surface area contributed by atoms with E-state index >= 15 is 0 Å². The molecule has 1 aromatic carbocycles. The van der Waals surface area contributed by atoms with Crippen LogP contribution in [0.15, 0.2) is 24.3 Å². The van der Waals surface area contributed by atoms with Gasteiger partial charge in [0, 0.05) is 6.04 Å².